The van der Waals surface area contributed by atoms with Crippen LogP contribution in [-0.4, -0.2) is 33.3 Å². The molecule has 0 bridgehead atoms. The van der Waals surface area contributed by atoms with E-state index in [4.69, 9.17) is 0 Å². The van der Waals surface area contributed by atoms with E-state index in [1.807, 2.05) is 0 Å². The Morgan fingerprint density at radius 1 is 1.50 bits per heavy atom. The second-order valence-electron chi connectivity index (χ2n) is 3.26. The van der Waals surface area contributed by atoms with Crippen LogP contribution in [0.1, 0.15) is 0 Å². The maximum absolute atomic E-state index is 2.58. The molecule has 1 rings (SSSR count). The van der Waals surface area contributed by atoms with E-state index in [-0.39, 0.29) is 13.9 Å². The van der Waals surface area contributed by atoms with Crippen LogP contribution in [0.15, 0.2) is 0 Å². The van der Waals surface area contributed by atoms with Gasteiger partial charge in [0.05, 0.1) is 0 Å². The molecule has 1 fully saturated rings. The molecule has 1 aliphatic heterocycles. The zero-order valence-electron chi connectivity index (χ0n) is 6.52. The predicted octanol–water partition coefficient (Wildman–Crippen LogP) is 2.72. The SMILES string of the molecule is C[Se+](C)CC1(CI)C[Se]C1. The summed E-state index contributed by atoms with van der Waals surface area (Å²) in [6, 6.07) is 0. The van der Waals surface area contributed by atoms with E-state index < -0.39 is 0 Å². The van der Waals surface area contributed by atoms with Crippen molar-refractivity contribution in [3.8, 4) is 0 Å². The van der Waals surface area contributed by atoms with Gasteiger partial charge >= 0.3 is 88.9 Å². The molecule has 1 aliphatic rings. The first-order valence-electron chi connectivity index (χ1n) is 3.36. The van der Waals surface area contributed by atoms with Crippen LogP contribution in [0, 0.1) is 5.41 Å². The third-order valence-corrected chi connectivity index (χ3v) is 9.24. The summed E-state index contributed by atoms with van der Waals surface area (Å²) in [4.78, 5) is 0. The second-order valence-corrected chi connectivity index (χ2v) is 10.8. The molecule has 3 heteroatoms. The maximum atomic E-state index is 2.58. The quantitative estimate of drug-likeness (QED) is 0.400. The molecule has 0 nitrogen and oxygen atoms in total. The van der Waals surface area contributed by atoms with Crippen LogP contribution in [0.25, 0.3) is 0 Å². The van der Waals surface area contributed by atoms with Gasteiger partial charge in [0.15, 0.2) is 0 Å². The van der Waals surface area contributed by atoms with Crippen LogP contribution >= 0.6 is 22.6 Å². The van der Waals surface area contributed by atoms with E-state index in [2.05, 4.69) is 34.2 Å². The van der Waals surface area contributed by atoms with Crippen molar-refractivity contribution in [1.29, 1.82) is 0 Å². The zero-order valence-corrected chi connectivity index (χ0v) is 12.1. The van der Waals surface area contributed by atoms with Crippen LogP contribution < -0.4 is 0 Å². The first-order chi connectivity index (χ1) is 4.68. The average molecular weight is 383 g/mol. The summed E-state index contributed by atoms with van der Waals surface area (Å²) in [5.74, 6) is 4.94. The minimum atomic E-state index is -0.156. The van der Waals surface area contributed by atoms with Crippen LogP contribution in [0.3, 0.4) is 0 Å². The van der Waals surface area contributed by atoms with E-state index in [0.717, 1.165) is 20.4 Å². The molecule has 0 spiro atoms. The third kappa shape index (κ3) is 2.38. The van der Waals surface area contributed by atoms with Crippen LogP contribution in [0.2, 0.25) is 27.6 Å². The Morgan fingerprint density at radius 2 is 2.10 bits per heavy atom. The molecule has 0 aromatic carbocycles. The van der Waals surface area contributed by atoms with Gasteiger partial charge in [-0.05, 0) is 0 Å². The fraction of sp³-hybridized carbons (Fsp3) is 1.00. The normalized spacial score (nSPS) is 22.8. The Labute approximate surface area is 88.1 Å². The summed E-state index contributed by atoms with van der Waals surface area (Å²) in [6.07, 6.45) is 0. The van der Waals surface area contributed by atoms with Crippen LogP contribution in [0.4, 0.5) is 0 Å². The molecule has 0 radical (unpaired) electrons. The van der Waals surface area contributed by atoms with Gasteiger partial charge in [-0.25, -0.2) is 0 Å². The van der Waals surface area contributed by atoms with Gasteiger partial charge in [0, 0.05) is 0 Å². The summed E-state index contributed by atoms with van der Waals surface area (Å²) in [5.41, 5.74) is 0.856. The second kappa shape index (κ2) is 4.13. The Bertz CT molecular complexity index is 105. The van der Waals surface area contributed by atoms with Gasteiger partial charge in [-0.1, -0.05) is 0 Å². The summed E-state index contributed by atoms with van der Waals surface area (Å²) in [6.45, 7) is 0. The van der Waals surface area contributed by atoms with Crippen molar-refractivity contribution in [3.05, 3.63) is 0 Å². The van der Waals surface area contributed by atoms with E-state index in [1.54, 1.807) is 16.0 Å². The molecular formula is C7H14ISe2+. The molecule has 0 aliphatic carbocycles. The molecule has 0 N–H and O–H groups in total. The van der Waals surface area contributed by atoms with Crippen molar-refractivity contribution < 1.29 is 0 Å². The average Bonchev–Trinajstić information content (AvgIpc) is 1.78. The van der Waals surface area contributed by atoms with Gasteiger partial charge in [0.1, 0.15) is 0 Å². The Balaban J connectivity index is 2.33. The van der Waals surface area contributed by atoms with Gasteiger partial charge in [0.2, 0.25) is 0 Å². The van der Waals surface area contributed by atoms with Crippen molar-refractivity contribution in [2.24, 2.45) is 5.41 Å². The standard InChI is InChI=1S/C7H14ISe2/c1-10(2)6-7(3-8)4-9-5-7/h3-6H2,1-2H3/q+1. The fourth-order valence-corrected chi connectivity index (χ4v) is 11.5. The van der Waals surface area contributed by atoms with E-state index in [9.17, 15) is 0 Å². The predicted molar refractivity (Wildman–Crippen MR) is 59.0 cm³/mol. The Kier molecular flexibility index (Phi) is 4.07. The Morgan fingerprint density at radius 3 is 2.20 bits per heavy atom. The van der Waals surface area contributed by atoms with Crippen molar-refractivity contribution in [2.45, 2.75) is 27.6 Å². The fourth-order valence-electron chi connectivity index (χ4n) is 1.20. The molecule has 60 valence electrons. The molecule has 0 aromatic rings. The van der Waals surface area contributed by atoms with Crippen molar-refractivity contribution in [3.63, 3.8) is 0 Å². The van der Waals surface area contributed by atoms with E-state index >= 15 is 0 Å². The van der Waals surface area contributed by atoms with Crippen LogP contribution in [-0.2, 0) is 0 Å². The zero-order chi connectivity index (χ0) is 7.61. The van der Waals surface area contributed by atoms with Gasteiger partial charge in [-0.15, -0.1) is 0 Å². The minimum absolute atomic E-state index is 0.156. The summed E-state index contributed by atoms with van der Waals surface area (Å²) >= 11 is 3.46. The number of alkyl halides is 1. The number of hydrogen-bond acceptors (Lipinski definition) is 0. The summed E-state index contributed by atoms with van der Waals surface area (Å²) < 4.78 is 1.42. The third-order valence-electron chi connectivity index (χ3n) is 1.69. The molecule has 0 atom stereocenters. The van der Waals surface area contributed by atoms with E-state index in [0.29, 0.717) is 0 Å². The number of hydrogen-bond donors (Lipinski definition) is 0. The molecule has 1 saturated heterocycles. The molecule has 1 heterocycles. The van der Waals surface area contributed by atoms with Crippen molar-refractivity contribution in [1.82, 2.24) is 0 Å². The topological polar surface area (TPSA) is 0 Å². The van der Waals surface area contributed by atoms with Crippen LogP contribution in [0.5, 0.6) is 0 Å². The number of rotatable bonds is 3. The first kappa shape index (κ1) is 9.85. The Hall–Kier alpha value is 1.77. The molecule has 0 unspecified atom stereocenters. The summed E-state index contributed by atoms with van der Waals surface area (Å²) in [7, 11) is 0. The van der Waals surface area contributed by atoms with Crippen molar-refractivity contribution >= 4 is 51.4 Å². The van der Waals surface area contributed by atoms with Crippen molar-refractivity contribution in [2.75, 3.05) is 4.43 Å². The molecule has 0 aromatic heterocycles. The molecular weight excluding hydrogens is 369 g/mol. The van der Waals surface area contributed by atoms with Gasteiger partial charge in [0.25, 0.3) is 0 Å². The van der Waals surface area contributed by atoms with Gasteiger partial charge < -0.3 is 0 Å². The van der Waals surface area contributed by atoms with E-state index in [1.165, 1.54) is 4.43 Å². The summed E-state index contributed by atoms with van der Waals surface area (Å²) in [5, 5.41) is 4.77. The molecule has 0 saturated carbocycles. The molecule has 10 heavy (non-hydrogen) atoms. The van der Waals surface area contributed by atoms with Gasteiger partial charge in [-0.3, -0.25) is 0 Å². The first-order valence-corrected chi connectivity index (χ1v) is 11.9. The van der Waals surface area contributed by atoms with Gasteiger partial charge in [-0.2, -0.15) is 0 Å². The number of halogens is 1. The molecule has 0 amide bonds. The monoisotopic (exact) mass is 385 g/mol.